The Hall–Kier alpha value is -2.96. The van der Waals surface area contributed by atoms with Crippen molar-refractivity contribution < 1.29 is 20.4 Å². The van der Waals surface area contributed by atoms with Gasteiger partial charge in [-0.3, -0.25) is 5.10 Å². The number of nitrogens with one attached hydrogen (secondary N) is 1. The zero-order valence-corrected chi connectivity index (χ0v) is 9.49. The normalized spacial score (nSPS) is 10.9. The molecule has 1 heterocycles. The summed E-state index contributed by atoms with van der Waals surface area (Å²) in [6.07, 6.45) is 0. The zero-order valence-electron chi connectivity index (χ0n) is 9.49. The van der Waals surface area contributed by atoms with Crippen LogP contribution in [0.5, 0.6) is 23.0 Å². The van der Waals surface area contributed by atoms with E-state index in [2.05, 4.69) is 15.4 Å². The highest BCUT2D eigenvalue weighted by atomic mass is 16.3. The fourth-order valence-corrected chi connectivity index (χ4v) is 1.95. The number of aromatic hydroxyl groups is 4. The van der Waals surface area contributed by atoms with Gasteiger partial charge in [0.1, 0.15) is 17.0 Å². The van der Waals surface area contributed by atoms with Gasteiger partial charge in [0.2, 0.25) is 0 Å². The van der Waals surface area contributed by atoms with E-state index in [1.807, 2.05) is 0 Å². The van der Waals surface area contributed by atoms with Crippen LogP contribution in [0.1, 0.15) is 0 Å². The molecule has 0 saturated carbocycles. The van der Waals surface area contributed by atoms with Gasteiger partial charge in [0.05, 0.1) is 11.1 Å². The van der Waals surface area contributed by atoms with Crippen LogP contribution < -0.4 is 0 Å². The number of phenolic OH excluding ortho intramolecular Hbond substituents is 4. The Morgan fingerprint density at radius 1 is 0.947 bits per heavy atom. The van der Waals surface area contributed by atoms with Gasteiger partial charge < -0.3 is 20.4 Å². The minimum Gasteiger partial charge on any atom is -0.508 e. The third kappa shape index (κ3) is 1.60. The Morgan fingerprint density at radius 2 is 1.74 bits per heavy atom. The van der Waals surface area contributed by atoms with E-state index in [0.29, 0.717) is 11.0 Å². The lowest BCUT2D eigenvalue weighted by atomic mass is 10.0. The molecule has 0 radical (unpaired) electrons. The van der Waals surface area contributed by atoms with Gasteiger partial charge in [0, 0.05) is 17.7 Å². The summed E-state index contributed by atoms with van der Waals surface area (Å²) in [5.41, 5.74) is 1.08. The molecule has 5 N–H and O–H groups in total. The van der Waals surface area contributed by atoms with Crippen molar-refractivity contribution in [1.29, 1.82) is 0 Å². The summed E-state index contributed by atoms with van der Waals surface area (Å²) in [5.74, 6) is -1.13. The number of hydrogen-bond donors (Lipinski definition) is 5. The number of aromatic amines is 1. The third-order valence-corrected chi connectivity index (χ3v) is 2.82. The van der Waals surface area contributed by atoms with Gasteiger partial charge in [-0.15, -0.1) is 5.10 Å². The van der Waals surface area contributed by atoms with Crippen LogP contribution in [0.3, 0.4) is 0 Å². The molecule has 0 bridgehead atoms. The lowest BCUT2D eigenvalue weighted by molar-refractivity contribution is 0.405. The SMILES string of the molecule is Oc1ccc(-c2c(O)c(O)cc3[nH]nnc23)c(O)c1. The van der Waals surface area contributed by atoms with Crippen LogP contribution in [-0.2, 0) is 0 Å². The molecule has 1 aromatic heterocycles. The summed E-state index contributed by atoms with van der Waals surface area (Å²) >= 11 is 0. The number of H-pyrrole nitrogens is 1. The Morgan fingerprint density at radius 3 is 2.47 bits per heavy atom. The number of benzene rings is 2. The first-order chi connectivity index (χ1) is 9.08. The fourth-order valence-electron chi connectivity index (χ4n) is 1.95. The van der Waals surface area contributed by atoms with Crippen molar-refractivity contribution in [3.8, 4) is 34.1 Å². The second-order valence-corrected chi connectivity index (χ2v) is 4.03. The Bertz CT molecular complexity index is 782. The van der Waals surface area contributed by atoms with Gasteiger partial charge in [-0.1, -0.05) is 5.21 Å². The average Bonchev–Trinajstić information content (AvgIpc) is 2.80. The van der Waals surface area contributed by atoms with Crippen LogP contribution in [-0.4, -0.2) is 35.8 Å². The third-order valence-electron chi connectivity index (χ3n) is 2.82. The summed E-state index contributed by atoms with van der Waals surface area (Å²) in [5, 5.41) is 48.7. The molecule has 7 heteroatoms. The summed E-state index contributed by atoms with van der Waals surface area (Å²) in [7, 11) is 0. The molecule has 2 aromatic carbocycles. The van der Waals surface area contributed by atoms with Crippen molar-refractivity contribution in [2.24, 2.45) is 0 Å². The molecule has 3 rings (SSSR count). The molecule has 19 heavy (non-hydrogen) atoms. The number of hydrogen-bond acceptors (Lipinski definition) is 6. The van der Waals surface area contributed by atoms with Crippen LogP contribution in [0, 0.1) is 0 Å². The largest absolute Gasteiger partial charge is 0.508 e. The van der Waals surface area contributed by atoms with E-state index < -0.39 is 5.75 Å². The van der Waals surface area contributed by atoms with Crippen molar-refractivity contribution >= 4 is 11.0 Å². The first-order valence-electron chi connectivity index (χ1n) is 5.36. The predicted molar refractivity (Wildman–Crippen MR) is 66.0 cm³/mol. The second kappa shape index (κ2) is 3.77. The lowest BCUT2D eigenvalue weighted by Gasteiger charge is -2.09. The highest BCUT2D eigenvalue weighted by molar-refractivity contribution is 5.98. The van der Waals surface area contributed by atoms with Gasteiger partial charge in [-0.25, -0.2) is 0 Å². The summed E-state index contributed by atoms with van der Waals surface area (Å²) in [4.78, 5) is 0. The van der Waals surface area contributed by atoms with Crippen molar-refractivity contribution in [3.63, 3.8) is 0 Å². The van der Waals surface area contributed by atoms with Gasteiger partial charge in [-0.05, 0) is 12.1 Å². The van der Waals surface area contributed by atoms with Gasteiger partial charge in [-0.2, -0.15) is 0 Å². The van der Waals surface area contributed by atoms with E-state index in [4.69, 9.17) is 0 Å². The van der Waals surface area contributed by atoms with E-state index in [1.54, 1.807) is 0 Å². The van der Waals surface area contributed by atoms with E-state index >= 15 is 0 Å². The van der Waals surface area contributed by atoms with Crippen LogP contribution in [0.15, 0.2) is 24.3 Å². The molecule has 0 saturated heterocycles. The molecule has 0 atom stereocenters. The number of aromatic nitrogens is 3. The Balaban J connectivity index is 2.41. The van der Waals surface area contributed by atoms with Crippen LogP contribution >= 0.6 is 0 Å². The summed E-state index contributed by atoms with van der Waals surface area (Å²) in [6.45, 7) is 0. The summed E-state index contributed by atoms with van der Waals surface area (Å²) in [6, 6.07) is 5.17. The molecule has 0 amide bonds. The van der Waals surface area contributed by atoms with Crippen LogP contribution in [0.2, 0.25) is 0 Å². The van der Waals surface area contributed by atoms with Crippen molar-refractivity contribution in [3.05, 3.63) is 24.3 Å². The molecular formula is C12H9N3O4. The quantitative estimate of drug-likeness (QED) is 0.421. The highest BCUT2D eigenvalue weighted by Gasteiger charge is 2.19. The molecule has 0 fully saturated rings. The lowest BCUT2D eigenvalue weighted by Crippen LogP contribution is -1.85. The standard InChI is InChI=1S/C12H9N3O4/c16-5-1-2-6(8(17)3-5)10-11-7(13-15-14-11)4-9(18)12(10)19/h1-4,16-19H,(H,13,14,15). The first kappa shape index (κ1) is 11.1. The predicted octanol–water partition coefficient (Wildman–Crippen LogP) is 1.45. The van der Waals surface area contributed by atoms with E-state index in [0.717, 1.165) is 6.07 Å². The van der Waals surface area contributed by atoms with Gasteiger partial charge in [0.25, 0.3) is 0 Å². The minimum absolute atomic E-state index is 0.114. The molecule has 96 valence electrons. The van der Waals surface area contributed by atoms with E-state index in [-0.39, 0.29) is 28.4 Å². The Kier molecular flexibility index (Phi) is 2.21. The smallest absolute Gasteiger partial charge is 0.168 e. The second-order valence-electron chi connectivity index (χ2n) is 4.03. The molecule has 0 spiro atoms. The van der Waals surface area contributed by atoms with Crippen molar-refractivity contribution in [1.82, 2.24) is 15.4 Å². The number of fused-ring (bicyclic) bond motifs is 1. The maximum Gasteiger partial charge on any atom is 0.168 e. The van der Waals surface area contributed by atoms with E-state index in [9.17, 15) is 20.4 Å². The molecule has 0 aliphatic rings. The fraction of sp³-hybridized carbons (Fsp3) is 0. The average molecular weight is 259 g/mol. The molecular weight excluding hydrogens is 250 g/mol. The molecule has 0 aliphatic carbocycles. The first-order valence-corrected chi connectivity index (χ1v) is 5.36. The molecule has 0 aliphatic heterocycles. The maximum atomic E-state index is 9.96. The number of rotatable bonds is 1. The highest BCUT2D eigenvalue weighted by Crippen LogP contribution is 2.44. The minimum atomic E-state index is -0.414. The number of phenols is 4. The van der Waals surface area contributed by atoms with Gasteiger partial charge in [0.15, 0.2) is 11.5 Å². The zero-order chi connectivity index (χ0) is 13.6. The van der Waals surface area contributed by atoms with Crippen molar-refractivity contribution in [2.75, 3.05) is 0 Å². The van der Waals surface area contributed by atoms with Crippen LogP contribution in [0.25, 0.3) is 22.2 Å². The Labute approximate surface area is 106 Å². The topological polar surface area (TPSA) is 122 Å². The molecule has 7 nitrogen and oxygen atoms in total. The van der Waals surface area contributed by atoms with Crippen molar-refractivity contribution in [2.45, 2.75) is 0 Å². The van der Waals surface area contributed by atoms with Gasteiger partial charge >= 0.3 is 0 Å². The summed E-state index contributed by atoms with van der Waals surface area (Å²) < 4.78 is 0. The number of nitrogens with zero attached hydrogens (tertiary/aromatic N) is 2. The maximum absolute atomic E-state index is 9.96. The molecule has 0 unspecified atom stereocenters. The van der Waals surface area contributed by atoms with Crippen LogP contribution in [0.4, 0.5) is 0 Å². The molecule has 3 aromatic rings. The van der Waals surface area contributed by atoms with E-state index in [1.165, 1.54) is 18.2 Å². The monoisotopic (exact) mass is 259 g/mol.